The van der Waals surface area contributed by atoms with Crippen molar-refractivity contribution in [3.05, 3.63) is 69.9 Å². The third kappa shape index (κ3) is 5.07. The van der Waals surface area contributed by atoms with Gasteiger partial charge in [-0.05, 0) is 60.7 Å². The molecular weight excluding hydrogens is 435 g/mol. The van der Waals surface area contributed by atoms with Crippen LogP contribution in [0.1, 0.15) is 16.1 Å². The molecule has 3 N–H and O–H groups in total. The second-order valence-corrected chi connectivity index (χ2v) is 7.12. The zero-order valence-corrected chi connectivity index (χ0v) is 17.5. The number of halogens is 2. The number of carbonyl (C=O) groups excluding carboxylic acids is 1. The molecule has 9 heteroatoms. The fraction of sp³-hybridized carbons (Fsp3) is 0.100. The maximum atomic E-state index is 12.5. The van der Waals surface area contributed by atoms with Crippen LogP contribution in [-0.2, 0) is 6.61 Å². The zero-order chi connectivity index (χ0) is 21.0. The van der Waals surface area contributed by atoms with Gasteiger partial charge in [0.1, 0.15) is 23.9 Å². The second kappa shape index (κ2) is 9.28. The summed E-state index contributed by atoms with van der Waals surface area (Å²) in [6, 6.07) is 13.2. The van der Waals surface area contributed by atoms with Crippen LogP contribution >= 0.6 is 35.4 Å². The van der Waals surface area contributed by atoms with Crippen LogP contribution in [0, 0.1) is 0 Å². The second-order valence-electron chi connectivity index (χ2n) is 5.87. The van der Waals surface area contributed by atoms with Gasteiger partial charge in [0.25, 0.3) is 5.91 Å². The Hall–Kier alpha value is -2.58. The zero-order valence-electron chi connectivity index (χ0n) is 15.2. The van der Waals surface area contributed by atoms with Gasteiger partial charge >= 0.3 is 0 Å². The molecule has 0 radical (unpaired) electrons. The van der Waals surface area contributed by atoms with Gasteiger partial charge in [-0.3, -0.25) is 10.1 Å². The Balaban J connectivity index is 1.70. The average molecular weight is 451 g/mol. The summed E-state index contributed by atoms with van der Waals surface area (Å²) >= 11 is 17.5. The van der Waals surface area contributed by atoms with E-state index in [1.54, 1.807) is 42.5 Å². The van der Waals surface area contributed by atoms with Crippen molar-refractivity contribution in [1.29, 1.82) is 0 Å². The Morgan fingerprint density at radius 2 is 1.97 bits per heavy atom. The lowest BCUT2D eigenvalue weighted by atomic mass is 10.1. The van der Waals surface area contributed by atoms with Crippen molar-refractivity contribution < 1.29 is 19.1 Å². The van der Waals surface area contributed by atoms with Crippen molar-refractivity contribution in [2.24, 2.45) is 0 Å². The number of amides is 1. The molecule has 0 spiro atoms. The predicted octanol–water partition coefficient (Wildman–Crippen LogP) is 4.88. The third-order valence-corrected chi connectivity index (χ3v) is 4.70. The summed E-state index contributed by atoms with van der Waals surface area (Å²) in [4.78, 5) is 12.5. The topological polar surface area (TPSA) is 83.7 Å². The summed E-state index contributed by atoms with van der Waals surface area (Å²) in [5, 5.41) is 15.5. The Morgan fingerprint density at radius 3 is 2.62 bits per heavy atom. The first kappa shape index (κ1) is 21.1. The lowest BCUT2D eigenvalue weighted by Crippen LogP contribution is -2.34. The molecule has 1 aromatic heterocycles. The van der Waals surface area contributed by atoms with Gasteiger partial charge in [-0.2, -0.15) is 0 Å². The standard InChI is InChI=1S/C20H16Cl2N2O4S/c1-27-17-6-2-11(21)8-15(17)19(26)24-20(29)23-12-3-5-14(16(22)9-12)18-7-4-13(10-25)28-18/h2-9,25H,10H2,1H3,(H2,23,24,26,29). The van der Waals surface area contributed by atoms with E-state index >= 15 is 0 Å². The number of benzene rings is 2. The monoisotopic (exact) mass is 450 g/mol. The number of hydrogen-bond acceptors (Lipinski definition) is 5. The van der Waals surface area contributed by atoms with Crippen LogP contribution in [0.25, 0.3) is 11.3 Å². The first-order valence-corrected chi connectivity index (χ1v) is 9.53. The van der Waals surface area contributed by atoms with Crippen LogP contribution in [0.2, 0.25) is 10.0 Å². The minimum atomic E-state index is -0.461. The smallest absolute Gasteiger partial charge is 0.261 e. The molecule has 3 aromatic rings. The molecule has 6 nitrogen and oxygen atoms in total. The maximum absolute atomic E-state index is 12.5. The van der Waals surface area contributed by atoms with E-state index in [2.05, 4.69) is 10.6 Å². The van der Waals surface area contributed by atoms with Crippen molar-refractivity contribution in [3.8, 4) is 17.1 Å². The number of methoxy groups -OCH3 is 1. The minimum absolute atomic E-state index is 0.0846. The molecule has 29 heavy (non-hydrogen) atoms. The summed E-state index contributed by atoms with van der Waals surface area (Å²) in [5.74, 6) is 0.896. The normalized spacial score (nSPS) is 10.5. The molecule has 2 aromatic carbocycles. The molecule has 0 bridgehead atoms. The highest BCUT2D eigenvalue weighted by Gasteiger charge is 2.15. The van der Waals surface area contributed by atoms with Gasteiger partial charge in [0.05, 0.1) is 17.7 Å². The molecule has 0 fully saturated rings. The quantitative estimate of drug-likeness (QED) is 0.480. The number of aliphatic hydroxyl groups excluding tert-OH is 1. The van der Waals surface area contributed by atoms with E-state index in [0.29, 0.717) is 38.6 Å². The van der Waals surface area contributed by atoms with Gasteiger partial charge < -0.3 is 19.6 Å². The van der Waals surface area contributed by atoms with E-state index in [4.69, 9.17) is 49.7 Å². The van der Waals surface area contributed by atoms with Crippen LogP contribution < -0.4 is 15.4 Å². The summed E-state index contributed by atoms with van der Waals surface area (Å²) in [7, 11) is 1.46. The van der Waals surface area contributed by atoms with Crippen molar-refractivity contribution in [2.45, 2.75) is 6.61 Å². The van der Waals surface area contributed by atoms with Gasteiger partial charge in [-0.15, -0.1) is 0 Å². The van der Waals surface area contributed by atoms with Crippen LogP contribution in [0.15, 0.2) is 52.9 Å². The number of nitrogens with one attached hydrogen (secondary N) is 2. The summed E-state index contributed by atoms with van der Waals surface area (Å²) in [6.45, 7) is -0.192. The van der Waals surface area contributed by atoms with E-state index < -0.39 is 5.91 Å². The molecule has 0 aliphatic carbocycles. The summed E-state index contributed by atoms with van der Waals surface area (Å²) in [6.07, 6.45) is 0. The molecular formula is C20H16Cl2N2O4S. The van der Waals surface area contributed by atoms with Crippen molar-refractivity contribution in [3.63, 3.8) is 0 Å². The fourth-order valence-corrected chi connectivity index (χ4v) is 3.25. The Morgan fingerprint density at radius 1 is 1.17 bits per heavy atom. The molecule has 0 unspecified atom stereocenters. The number of carbonyl (C=O) groups is 1. The molecule has 150 valence electrons. The first-order valence-electron chi connectivity index (χ1n) is 8.36. The third-order valence-electron chi connectivity index (χ3n) is 3.94. The average Bonchev–Trinajstić information content (AvgIpc) is 3.16. The Bertz CT molecular complexity index is 1070. The van der Waals surface area contributed by atoms with E-state index in [0.717, 1.165) is 0 Å². The highest BCUT2D eigenvalue weighted by molar-refractivity contribution is 7.80. The minimum Gasteiger partial charge on any atom is -0.496 e. The lowest BCUT2D eigenvalue weighted by Gasteiger charge is -2.12. The number of anilines is 1. The van der Waals surface area contributed by atoms with E-state index in [1.807, 2.05) is 0 Å². The van der Waals surface area contributed by atoms with E-state index in [-0.39, 0.29) is 17.3 Å². The van der Waals surface area contributed by atoms with Crippen LogP contribution in [0.4, 0.5) is 5.69 Å². The first-order chi connectivity index (χ1) is 13.9. The highest BCUT2D eigenvalue weighted by atomic mass is 35.5. The number of hydrogen-bond donors (Lipinski definition) is 3. The maximum Gasteiger partial charge on any atom is 0.261 e. The summed E-state index contributed by atoms with van der Waals surface area (Å²) < 4.78 is 10.7. The number of thiocarbonyl (C=S) groups is 1. The van der Waals surface area contributed by atoms with Crippen molar-refractivity contribution >= 4 is 52.1 Å². The van der Waals surface area contributed by atoms with Crippen molar-refractivity contribution in [1.82, 2.24) is 5.32 Å². The molecule has 0 aliphatic heterocycles. The molecule has 0 aliphatic rings. The number of rotatable bonds is 5. The van der Waals surface area contributed by atoms with Crippen LogP contribution in [0.3, 0.4) is 0 Å². The number of furan rings is 1. The van der Waals surface area contributed by atoms with Gasteiger partial charge in [0, 0.05) is 16.3 Å². The lowest BCUT2D eigenvalue weighted by molar-refractivity contribution is 0.0975. The largest absolute Gasteiger partial charge is 0.496 e. The molecule has 1 amide bonds. The number of aliphatic hydroxyl groups is 1. The van der Waals surface area contributed by atoms with Crippen molar-refractivity contribution in [2.75, 3.05) is 12.4 Å². The van der Waals surface area contributed by atoms with E-state index in [1.165, 1.54) is 13.2 Å². The SMILES string of the molecule is COc1ccc(Cl)cc1C(=O)NC(=S)Nc1ccc(-c2ccc(CO)o2)c(Cl)c1. The molecule has 3 rings (SSSR count). The molecule has 0 atom stereocenters. The molecule has 0 saturated heterocycles. The fourth-order valence-electron chi connectivity index (χ4n) is 2.59. The number of ether oxygens (including phenoxy) is 1. The van der Waals surface area contributed by atoms with Crippen LogP contribution in [-0.4, -0.2) is 23.2 Å². The van der Waals surface area contributed by atoms with E-state index in [9.17, 15) is 4.79 Å². The van der Waals surface area contributed by atoms with Gasteiger partial charge in [-0.25, -0.2) is 0 Å². The Kier molecular flexibility index (Phi) is 6.76. The molecule has 0 saturated carbocycles. The Labute approximate surface area is 182 Å². The highest BCUT2D eigenvalue weighted by Crippen LogP contribution is 2.31. The van der Waals surface area contributed by atoms with Gasteiger partial charge in [0.15, 0.2) is 5.11 Å². The van der Waals surface area contributed by atoms with Crippen LogP contribution in [0.5, 0.6) is 5.75 Å². The van der Waals surface area contributed by atoms with Gasteiger partial charge in [0.2, 0.25) is 0 Å². The molecule has 1 heterocycles. The van der Waals surface area contributed by atoms with Gasteiger partial charge in [-0.1, -0.05) is 23.2 Å². The summed E-state index contributed by atoms with van der Waals surface area (Å²) in [5.41, 5.74) is 1.50. The predicted molar refractivity (Wildman–Crippen MR) is 117 cm³/mol.